The molecule has 8 heteroatoms. The Kier molecular flexibility index (Phi) is 16.2. The molecule has 0 aromatic rings. The van der Waals surface area contributed by atoms with Crippen molar-refractivity contribution in [2.75, 3.05) is 39.6 Å². The van der Waals surface area contributed by atoms with E-state index in [-0.39, 0.29) is 5.16 Å². The van der Waals surface area contributed by atoms with Crippen molar-refractivity contribution in [2.45, 2.75) is 85.7 Å². The molecule has 0 aliphatic rings. The monoisotopic (exact) mass is 424 g/mol. The van der Waals surface area contributed by atoms with Crippen molar-refractivity contribution in [3.05, 3.63) is 0 Å². The molecule has 164 valence electrons. The van der Waals surface area contributed by atoms with Crippen LogP contribution >= 0.6 is 0 Å². The maximum absolute atomic E-state index is 6.26. The van der Waals surface area contributed by atoms with Crippen LogP contribution in [0.25, 0.3) is 0 Å². The molecule has 0 amide bonds. The summed E-state index contributed by atoms with van der Waals surface area (Å²) in [4.78, 5) is 0. The SMILES string of the molecule is CCCCCCC([Si](OCC)(OCC)OCC)[Si](OCC)(OCC)OCC. The van der Waals surface area contributed by atoms with E-state index in [1.54, 1.807) is 0 Å². The van der Waals surface area contributed by atoms with Crippen LogP contribution in [-0.4, -0.2) is 57.3 Å². The molecule has 0 bridgehead atoms. The second kappa shape index (κ2) is 16.0. The van der Waals surface area contributed by atoms with Crippen molar-refractivity contribution < 1.29 is 26.6 Å². The Bertz CT molecular complexity index is 286. The van der Waals surface area contributed by atoms with Gasteiger partial charge in [-0.2, -0.15) is 0 Å². The van der Waals surface area contributed by atoms with Crippen LogP contribution in [-0.2, 0) is 26.6 Å². The third kappa shape index (κ3) is 8.61. The van der Waals surface area contributed by atoms with Gasteiger partial charge in [0.1, 0.15) is 0 Å². The molecule has 0 N–H and O–H groups in total. The normalized spacial score (nSPS) is 12.9. The first-order valence-corrected chi connectivity index (χ1v) is 14.5. The van der Waals surface area contributed by atoms with Crippen molar-refractivity contribution in [1.82, 2.24) is 0 Å². The first-order chi connectivity index (χ1) is 13.1. The van der Waals surface area contributed by atoms with Crippen LogP contribution in [0.1, 0.15) is 80.6 Å². The van der Waals surface area contributed by atoms with E-state index in [2.05, 4.69) is 6.92 Å². The topological polar surface area (TPSA) is 55.4 Å². The molecule has 0 radical (unpaired) electrons. The van der Waals surface area contributed by atoms with E-state index in [4.69, 9.17) is 26.6 Å². The quantitative estimate of drug-likeness (QED) is 0.216. The number of hydrogen-bond donors (Lipinski definition) is 0. The molecule has 0 rings (SSSR count). The molecule has 0 aromatic carbocycles. The Balaban J connectivity index is 6.05. The summed E-state index contributed by atoms with van der Waals surface area (Å²) in [6.07, 6.45) is 5.50. The minimum absolute atomic E-state index is 0.110. The van der Waals surface area contributed by atoms with Crippen LogP contribution in [0.5, 0.6) is 0 Å². The largest absolute Gasteiger partial charge is 0.508 e. The van der Waals surface area contributed by atoms with Crippen molar-refractivity contribution in [1.29, 1.82) is 0 Å². The number of rotatable bonds is 19. The molecule has 0 heterocycles. The number of unbranched alkanes of at least 4 members (excludes halogenated alkanes) is 3. The molecular formula is C19H44O6Si2. The van der Waals surface area contributed by atoms with E-state index in [9.17, 15) is 0 Å². The third-order valence-electron chi connectivity index (χ3n) is 4.27. The van der Waals surface area contributed by atoms with Crippen LogP contribution < -0.4 is 0 Å². The molecule has 0 aliphatic heterocycles. The Hall–Kier alpha value is 0.194. The fourth-order valence-electron chi connectivity index (χ4n) is 3.41. The van der Waals surface area contributed by atoms with Gasteiger partial charge in [0, 0.05) is 39.6 Å². The van der Waals surface area contributed by atoms with Crippen LogP contribution in [0, 0.1) is 0 Å². The van der Waals surface area contributed by atoms with Gasteiger partial charge in [-0.1, -0.05) is 32.6 Å². The van der Waals surface area contributed by atoms with Crippen molar-refractivity contribution in [3.63, 3.8) is 0 Å². The molecular weight excluding hydrogens is 380 g/mol. The summed E-state index contributed by atoms with van der Waals surface area (Å²) in [6.45, 7) is 17.3. The molecule has 0 aromatic heterocycles. The Morgan fingerprint density at radius 3 is 1.07 bits per heavy atom. The molecule has 0 saturated carbocycles. The van der Waals surface area contributed by atoms with E-state index in [0.717, 1.165) is 19.3 Å². The summed E-state index contributed by atoms with van der Waals surface area (Å²) in [7, 11) is -6.09. The van der Waals surface area contributed by atoms with E-state index >= 15 is 0 Å². The van der Waals surface area contributed by atoms with Gasteiger partial charge in [-0.3, -0.25) is 0 Å². The minimum Gasteiger partial charge on any atom is -0.374 e. The van der Waals surface area contributed by atoms with Gasteiger partial charge in [0.05, 0.1) is 5.16 Å². The van der Waals surface area contributed by atoms with E-state index < -0.39 is 17.6 Å². The molecule has 0 unspecified atom stereocenters. The van der Waals surface area contributed by atoms with Gasteiger partial charge in [0.15, 0.2) is 0 Å². The highest BCUT2D eigenvalue weighted by molar-refractivity contribution is 6.82. The van der Waals surface area contributed by atoms with Gasteiger partial charge in [-0.15, -0.1) is 0 Å². The molecule has 6 nitrogen and oxygen atoms in total. The maximum atomic E-state index is 6.26. The van der Waals surface area contributed by atoms with Crippen LogP contribution in [0.3, 0.4) is 0 Å². The first-order valence-electron chi connectivity index (χ1n) is 10.9. The molecule has 27 heavy (non-hydrogen) atoms. The van der Waals surface area contributed by atoms with Crippen molar-refractivity contribution in [3.8, 4) is 0 Å². The molecule has 0 saturated heterocycles. The average molecular weight is 425 g/mol. The summed E-state index contributed by atoms with van der Waals surface area (Å²) >= 11 is 0. The highest BCUT2D eigenvalue weighted by Crippen LogP contribution is 2.41. The zero-order valence-corrected chi connectivity index (χ0v) is 20.8. The zero-order chi connectivity index (χ0) is 20.6. The lowest BCUT2D eigenvalue weighted by Gasteiger charge is -2.42. The van der Waals surface area contributed by atoms with E-state index in [1.165, 1.54) is 12.8 Å². The molecule has 0 atom stereocenters. The summed E-state index contributed by atoms with van der Waals surface area (Å²) in [5.74, 6) is 0. The second-order valence-electron chi connectivity index (χ2n) is 6.21. The van der Waals surface area contributed by atoms with Gasteiger partial charge in [0.2, 0.25) is 0 Å². The number of hydrogen-bond acceptors (Lipinski definition) is 6. The summed E-state index contributed by atoms with van der Waals surface area (Å²) in [5, 5.41) is -0.110. The van der Waals surface area contributed by atoms with Crippen molar-refractivity contribution >= 4 is 17.6 Å². The Morgan fingerprint density at radius 1 is 0.481 bits per heavy atom. The molecule has 0 fully saturated rings. The first kappa shape index (κ1) is 27.2. The zero-order valence-electron chi connectivity index (χ0n) is 18.8. The predicted octanol–water partition coefficient (Wildman–Crippen LogP) is 4.96. The van der Waals surface area contributed by atoms with Gasteiger partial charge in [-0.25, -0.2) is 0 Å². The van der Waals surface area contributed by atoms with Gasteiger partial charge >= 0.3 is 17.6 Å². The fraction of sp³-hybridized carbons (Fsp3) is 1.00. The fourth-order valence-corrected chi connectivity index (χ4v) is 11.9. The lowest BCUT2D eigenvalue weighted by Crippen LogP contribution is -2.64. The average Bonchev–Trinajstić information content (AvgIpc) is 2.63. The van der Waals surface area contributed by atoms with Crippen LogP contribution in [0.15, 0.2) is 0 Å². The highest BCUT2D eigenvalue weighted by atomic mass is 28.5. The molecule has 0 spiro atoms. The second-order valence-corrected chi connectivity index (χ2v) is 12.3. The standard InChI is InChI=1S/C19H44O6Si2/c1-8-15-16-17-18-19(26(20-9-2,21-10-3)22-11-4)27(23-12-5,24-13-6)25-14-7/h19H,8-18H2,1-7H3. The van der Waals surface area contributed by atoms with Crippen LogP contribution in [0.2, 0.25) is 5.16 Å². The van der Waals surface area contributed by atoms with E-state index in [0.29, 0.717) is 39.6 Å². The predicted molar refractivity (Wildman–Crippen MR) is 114 cm³/mol. The van der Waals surface area contributed by atoms with Crippen molar-refractivity contribution in [2.24, 2.45) is 0 Å². The van der Waals surface area contributed by atoms with Gasteiger partial charge in [-0.05, 0) is 48.0 Å². The summed E-state index contributed by atoms with van der Waals surface area (Å²) in [5.41, 5.74) is 0. The summed E-state index contributed by atoms with van der Waals surface area (Å²) < 4.78 is 37.6. The lowest BCUT2D eigenvalue weighted by atomic mass is 10.2. The Labute approximate surface area is 169 Å². The van der Waals surface area contributed by atoms with E-state index in [1.807, 2.05) is 41.5 Å². The Morgan fingerprint density at radius 2 is 0.815 bits per heavy atom. The lowest BCUT2D eigenvalue weighted by molar-refractivity contribution is 0.0310. The third-order valence-corrected chi connectivity index (χ3v) is 12.8. The van der Waals surface area contributed by atoms with Gasteiger partial charge < -0.3 is 26.6 Å². The smallest absolute Gasteiger partial charge is 0.374 e. The minimum atomic E-state index is -3.05. The molecule has 0 aliphatic carbocycles. The van der Waals surface area contributed by atoms with Crippen LogP contribution in [0.4, 0.5) is 0 Å². The van der Waals surface area contributed by atoms with Gasteiger partial charge in [0.25, 0.3) is 0 Å². The highest BCUT2D eigenvalue weighted by Gasteiger charge is 2.65. The summed E-state index contributed by atoms with van der Waals surface area (Å²) in [6, 6.07) is 0. The maximum Gasteiger partial charge on any atom is 0.508 e.